The molecule has 1 aliphatic heterocycles. The third-order valence-corrected chi connectivity index (χ3v) is 5.23. The maximum atomic E-state index is 13.5. The third kappa shape index (κ3) is 3.81. The van der Waals surface area contributed by atoms with Crippen molar-refractivity contribution in [3.05, 3.63) is 46.2 Å². The molecule has 1 aromatic heterocycles. The van der Waals surface area contributed by atoms with Gasteiger partial charge in [0.15, 0.2) is 0 Å². The SMILES string of the molecule is CC1CCCN(C(=O)c2cc(=O)n(C)c3ccccc23)C1C(=O)OC(C)(C)C. The van der Waals surface area contributed by atoms with Crippen LogP contribution in [-0.4, -0.2) is 39.5 Å². The molecule has 0 N–H and O–H groups in total. The van der Waals surface area contributed by atoms with Crippen molar-refractivity contribution in [3.8, 4) is 0 Å². The van der Waals surface area contributed by atoms with Crippen LogP contribution in [0.4, 0.5) is 0 Å². The molecule has 3 rings (SSSR count). The Bertz CT molecular complexity index is 971. The molecule has 6 nitrogen and oxygen atoms in total. The Morgan fingerprint density at radius 2 is 1.86 bits per heavy atom. The largest absolute Gasteiger partial charge is 0.458 e. The zero-order chi connectivity index (χ0) is 20.6. The number of aromatic nitrogens is 1. The number of rotatable bonds is 2. The normalized spacial score (nSPS) is 20.2. The minimum atomic E-state index is -0.650. The van der Waals surface area contributed by atoms with Gasteiger partial charge in [0, 0.05) is 25.0 Å². The number of hydrogen-bond donors (Lipinski definition) is 0. The topological polar surface area (TPSA) is 68.6 Å². The van der Waals surface area contributed by atoms with E-state index >= 15 is 0 Å². The van der Waals surface area contributed by atoms with Gasteiger partial charge in [-0.25, -0.2) is 4.79 Å². The van der Waals surface area contributed by atoms with Crippen LogP contribution in [0.15, 0.2) is 35.1 Å². The standard InChI is InChI=1S/C22H28N2O4/c1-14-9-8-12-24(19(14)21(27)28-22(2,3)4)20(26)16-13-18(25)23(5)17-11-7-6-10-15(16)17/h6-7,10-11,13-14,19H,8-9,12H2,1-5H3. The first-order chi connectivity index (χ1) is 13.1. The molecule has 1 saturated heterocycles. The summed E-state index contributed by atoms with van der Waals surface area (Å²) in [6.45, 7) is 7.89. The van der Waals surface area contributed by atoms with Crippen LogP contribution in [0.5, 0.6) is 0 Å². The van der Waals surface area contributed by atoms with E-state index in [1.807, 2.05) is 52.0 Å². The molecule has 0 aliphatic carbocycles. The lowest BCUT2D eigenvalue weighted by molar-refractivity contribution is -0.163. The average Bonchev–Trinajstić information content (AvgIpc) is 2.62. The van der Waals surface area contributed by atoms with E-state index in [4.69, 9.17) is 4.74 Å². The Hall–Kier alpha value is -2.63. The van der Waals surface area contributed by atoms with Crippen molar-refractivity contribution >= 4 is 22.8 Å². The summed E-state index contributed by atoms with van der Waals surface area (Å²) in [7, 11) is 1.69. The van der Waals surface area contributed by atoms with Crippen LogP contribution in [0.1, 0.15) is 50.9 Å². The van der Waals surface area contributed by atoms with Gasteiger partial charge in [0.25, 0.3) is 11.5 Å². The van der Waals surface area contributed by atoms with Gasteiger partial charge in [0.1, 0.15) is 11.6 Å². The van der Waals surface area contributed by atoms with Crippen LogP contribution in [-0.2, 0) is 16.6 Å². The predicted octanol–water partition coefficient (Wildman–Crippen LogP) is 3.12. The van der Waals surface area contributed by atoms with Gasteiger partial charge >= 0.3 is 5.97 Å². The minimum absolute atomic E-state index is 0.00893. The van der Waals surface area contributed by atoms with E-state index in [2.05, 4.69) is 0 Å². The van der Waals surface area contributed by atoms with Gasteiger partial charge in [-0.05, 0) is 45.6 Å². The summed E-state index contributed by atoms with van der Waals surface area (Å²) < 4.78 is 7.12. The zero-order valence-electron chi connectivity index (χ0n) is 17.2. The number of fused-ring (bicyclic) bond motifs is 1. The second-order valence-electron chi connectivity index (χ2n) is 8.57. The first-order valence-electron chi connectivity index (χ1n) is 9.73. The van der Waals surface area contributed by atoms with Gasteiger partial charge in [-0.15, -0.1) is 0 Å². The number of hydrogen-bond acceptors (Lipinski definition) is 4. The Kier molecular flexibility index (Phi) is 5.33. The Morgan fingerprint density at radius 3 is 2.54 bits per heavy atom. The maximum Gasteiger partial charge on any atom is 0.329 e. The van der Waals surface area contributed by atoms with Gasteiger partial charge < -0.3 is 14.2 Å². The molecule has 1 aliphatic rings. The fourth-order valence-electron chi connectivity index (χ4n) is 3.88. The molecular weight excluding hydrogens is 356 g/mol. The molecule has 2 unspecified atom stereocenters. The lowest BCUT2D eigenvalue weighted by Gasteiger charge is -2.39. The summed E-state index contributed by atoms with van der Waals surface area (Å²) in [6.07, 6.45) is 1.67. The number of nitrogens with zero attached hydrogens (tertiary/aromatic N) is 2. The smallest absolute Gasteiger partial charge is 0.329 e. The van der Waals surface area contributed by atoms with E-state index in [0.29, 0.717) is 23.0 Å². The van der Waals surface area contributed by atoms with Crippen molar-refractivity contribution in [3.63, 3.8) is 0 Å². The summed E-state index contributed by atoms with van der Waals surface area (Å²) in [5.74, 6) is -0.692. The summed E-state index contributed by atoms with van der Waals surface area (Å²) in [4.78, 5) is 40.3. The number of benzene rings is 1. The minimum Gasteiger partial charge on any atom is -0.458 e. The van der Waals surface area contributed by atoms with Gasteiger partial charge in [-0.3, -0.25) is 9.59 Å². The molecule has 6 heteroatoms. The molecule has 2 aromatic rings. The molecule has 2 atom stereocenters. The molecule has 28 heavy (non-hydrogen) atoms. The van der Waals surface area contributed by atoms with Crippen LogP contribution in [0.3, 0.4) is 0 Å². The molecule has 0 bridgehead atoms. The highest BCUT2D eigenvalue weighted by atomic mass is 16.6. The van der Waals surface area contributed by atoms with Crippen molar-refractivity contribution in [1.29, 1.82) is 0 Å². The number of piperidine rings is 1. The van der Waals surface area contributed by atoms with E-state index in [1.54, 1.807) is 11.9 Å². The highest BCUT2D eigenvalue weighted by Crippen LogP contribution is 2.28. The molecule has 0 radical (unpaired) electrons. The predicted molar refractivity (Wildman–Crippen MR) is 108 cm³/mol. The lowest BCUT2D eigenvalue weighted by Crippen LogP contribution is -2.53. The highest BCUT2D eigenvalue weighted by Gasteiger charge is 2.40. The number of likely N-dealkylation sites (tertiary alicyclic amines) is 1. The second-order valence-corrected chi connectivity index (χ2v) is 8.57. The number of para-hydroxylation sites is 1. The monoisotopic (exact) mass is 384 g/mol. The first-order valence-corrected chi connectivity index (χ1v) is 9.73. The van der Waals surface area contributed by atoms with Crippen LogP contribution in [0.25, 0.3) is 10.9 Å². The zero-order valence-corrected chi connectivity index (χ0v) is 17.2. The van der Waals surface area contributed by atoms with Gasteiger partial charge in [-0.1, -0.05) is 25.1 Å². The Labute approximate surface area is 165 Å². The van der Waals surface area contributed by atoms with E-state index in [0.717, 1.165) is 12.8 Å². The van der Waals surface area contributed by atoms with E-state index < -0.39 is 11.6 Å². The summed E-state index contributed by atoms with van der Waals surface area (Å²) in [5, 5.41) is 0.704. The molecule has 150 valence electrons. The average molecular weight is 384 g/mol. The number of esters is 1. The number of ether oxygens (including phenoxy) is 1. The molecular formula is C22H28N2O4. The number of carbonyl (C=O) groups is 2. The van der Waals surface area contributed by atoms with E-state index in [1.165, 1.54) is 10.6 Å². The number of aryl methyl sites for hydroxylation is 1. The Balaban J connectivity index is 2.05. The third-order valence-electron chi connectivity index (χ3n) is 5.23. The van der Waals surface area contributed by atoms with E-state index in [9.17, 15) is 14.4 Å². The summed E-state index contributed by atoms with van der Waals surface area (Å²) in [5.41, 5.74) is 0.151. The number of amides is 1. The summed E-state index contributed by atoms with van der Waals surface area (Å²) in [6, 6.07) is 8.05. The van der Waals surface area contributed by atoms with Crippen LogP contribution < -0.4 is 5.56 Å². The van der Waals surface area contributed by atoms with Crippen molar-refractivity contribution in [2.24, 2.45) is 13.0 Å². The van der Waals surface area contributed by atoms with Crippen molar-refractivity contribution in [1.82, 2.24) is 9.47 Å². The van der Waals surface area contributed by atoms with Crippen molar-refractivity contribution < 1.29 is 14.3 Å². The Morgan fingerprint density at radius 1 is 1.18 bits per heavy atom. The van der Waals surface area contributed by atoms with E-state index in [-0.39, 0.29) is 23.4 Å². The van der Waals surface area contributed by atoms with Gasteiger partial charge in [0.2, 0.25) is 0 Å². The number of carbonyl (C=O) groups excluding carboxylic acids is 2. The van der Waals surface area contributed by atoms with Crippen molar-refractivity contribution in [2.45, 2.75) is 52.2 Å². The lowest BCUT2D eigenvalue weighted by atomic mass is 9.89. The summed E-state index contributed by atoms with van der Waals surface area (Å²) >= 11 is 0. The fraction of sp³-hybridized carbons (Fsp3) is 0.500. The van der Waals surface area contributed by atoms with Gasteiger partial charge in [0.05, 0.1) is 11.1 Å². The van der Waals surface area contributed by atoms with Crippen LogP contribution in [0.2, 0.25) is 0 Å². The van der Waals surface area contributed by atoms with Crippen molar-refractivity contribution in [2.75, 3.05) is 6.54 Å². The quantitative estimate of drug-likeness (QED) is 0.746. The second kappa shape index (κ2) is 7.41. The molecule has 0 spiro atoms. The first kappa shape index (κ1) is 20.1. The molecule has 1 aromatic carbocycles. The fourth-order valence-corrected chi connectivity index (χ4v) is 3.88. The van der Waals surface area contributed by atoms with Crippen LogP contribution in [0, 0.1) is 5.92 Å². The maximum absolute atomic E-state index is 13.5. The molecule has 2 heterocycles. The number of pyridine rings is 1. The molecule has 0 saturated carbocycles. The van der Waals surface area contributed by atoms with Crippen LogP contribution >= 0.6 is 0 Å². The molecule has 1 fully saturated rings. The highest BCUT2D eigenvalue weighted by molar-refractivity contribution is 6.07. The van der Waals surface area contributed by atoms with Gasteiger partial charge in [-0.2, -0.15) is 0 Å². The molecule has 1 amide bonds.